The van der Waals surface area contributed by atoms with Crippen LogP contribution in [0.4, 0.5) is 13.6 Å². The summed E-state index contributed by atoms with van der Waals surface area (Å²) >= 11 is 0. The van der Waals surface area contributed by atoms with Gasteiger partial charge in [-0.25, -0.2) is 32.0 Å². The fourth-order valence-corrected chi connectivity index (χ4v) is 9.85. The predicted octanol–water partition coefficient (Wildman–Crippen LogP) is 4.80. The number of carbonyl (C=O) groups is 4. The molecule has 3 aliphatic carbocycles. The van der Waals surface area contributed by atoms with Crippen LogP contribution in [-0.2, 0) is 35.6 Å². The molecule has 1 aromatic heterocycles. The molecule has 4 fully saturated rings. The van der Waals surface area contributed by atoms with Gasteiger partial charge in [0.25, 0.3) is 5.91 Å². The third-order valence-corrected chi connectivity index (χ3v) is 14.9. The Labute approximate surface area is 343 Å². The smallest absolute Gasteiger partial charge is 0.408 e. The van der Waals surface area contributed by atoms with E-state index in [0.29, 0.717) is 54.8 Å². The van der Waals surface area contributed by atoms with Crippen molar-refractivity contribution in [3.8, 4) is 11.6 Å². The third kappa shape index (κ3) is 8.65. The van der Waals surface area contributed by atoms with Crippen molar-refractivity contribution >= 4 is 44.9 Å². The highest BCUT2D eigenvalue weighted by Crippen LogP contribution is 2.50. The molecule has 0 radical (unpaired) electrons. The van der Waals surface area contributed by atoms with E-state index in [4.69, 9.17) is 24.2 Å². The van der Waals surface area contributed by atoms with Crippen molar-refractivity contribution in [2.75, 3.05) is 13.2 Å². The maximum Gasteiger partial charge on any atom is 0.408 e. The Morgan fingerprint density at radius 1 is 1.07 bits per heavy atom. The molecule has 3 N–H and O–H groups in total. The Morgan fingerprint density at radius 3 is 2.46 bits per heavy atom. The van der Waals surface area contributed by atoms with Crippen molar-refractivity contribution in [1.29, 1.82) is 0 Å². The Bertz CT molecular complexity index is 2100. The van der Waals surface area contributed by atoms with E-state index in [0.717, 1.165) is 25.7 Å². The maximum absolute atomic E-state index is 14.9. The molecule has 2 aromatic rings. The maximum atomic E-state index is 14.9. The van der Waals surface area contributed by atoms with Crippen molar-refractivity contribution in [1.82, 2.24) is 30.2 Å². The summed E-state index contributed by atoms with van der Waals surface area (Å²) in [6, 6.07) is 2.80. The number of alkyl carbamates (subject to hydrolysis) is 1. The van der Waals surface area contributed by atoms with Crippen molar-refractivity contribution in [3.05, 3.63) is 23.9 Å². The number of nitrogens with zero attached hydrogens (tertiary/aromatic N) is 3. The van der Waals surface area contributed by atoms with Gasteiger partial charge in [-0.3, -0.25) is 19.1 Å². The van der Waals surface area contributed by atoms with E-state index < -0.39 is 92.4 Å². The van der Waals surface area contributed by atoms with E-state index in [9.17, 15) is 36.4 Å². The molecule has 3 heterocycles. The van der Waals surface area contributed by atoms with E-state index in [-0.39, 0.29) is 30.9 Å². The average Bonchev–Trinajstić information content (AvgIpc) is 4.11. The highest BCUT2D eigenvalue weighted by Gasteiger charge is 2.68. The summed E-state index contributed by atoms with van der Waals surface area (Å²) in [6.07, 6.45) is -0.0140. The average molecular weight is 847 g/mol. The van der Waals surface area contributed by atoms with Crippen molar-refractivity contribution in [2.45, 2.75) is 147 Å². The minimum absolute atomic E-state index is 0.175. The molecule has 2 aliphatic heterocycles. The lowest BCUT2D eigenvalue weighted by Gasteiger charge is -2.36. The first-order valence-corrected chi connectivity index (χ1v) is 22.3. The number of carbonyl (C=O) groups excluding carboxylic acids is 4. The zero-order chi connectivity index (χ0) is 42.7. The molecule has 59 heavy (non-hydrogen) atoms. The Morgan fingerprint density at radius 2 is 1.81 bits per heavy atom. The van der Waals surface area contributed by atoms with Crippen LogP contribution in [0.1, 0.15) is 105 Å². The number of benzene rings is 1. The lowest BCUT2D eigenvalue weighted by molar-refractivity contribution is -0.144. The number of hydrogen-bond donors (Lipinski definition) is 3. The van der Waals surface area contributed by atoms with Crippen LogP contribution in [0.5, 0.6) is 11.6 Å². The molecule has 7 rings (SSSR count). The van der Waals surface area contributed by atoms with Crippen molar-refractivity contribution < 1.29 is 50.6 Å². The second kappa shape index (κ2) is 15.9. The summed E-state index contributed by atoms with van der Waals surface area (Å²) in [6.45, 7) is 10.6. The van der Waals surface area contributed by atoms with Gasteiger partial charge in [0.05, 0.1) is 34.8 Å². The summed E-state index contributed by atoms with van der Waals surface area (Å²) in [5.74, 6) is -4.28. The second-order valence-corrected chi connectivity index (χ2v) is 20.4. The fourth-order valence-electron chi connectivity index (χ4n) is 8.54. The van der Waals surface area contributed by atoms with Gasteiger partial charge in [0.2, 0.25) is 34.1 Å². The molecule has 324 valence electrons. The quantitative estimate of drug-likeness (QED) is 0.314. The first-order valence-electron chi connectivity index (χ1n) is 20.9. The van der Waals surface area contributed by atoms with E-state index >= 15 is 0 Å². The number of amides is 4. The Kier molecular flexibility index (Phi) is 11.5. The number of fused-ring (bicyclic) bond motifs is 5. The SMILES string of the molecule is CCOc1ccc2nc3c(nc2c1)O[C@H]1CN(C(=O)[C@H](C(C)(C)C)NC(=O)O[C@@H]2C[C@H]2CCCCC3)[C@H](C(=O)N[C@]2(C(=O)NS(=O)(=O)C3(C)CC3)C[C@H]2C(F)F)[C@@H]1CC. The van der Waals surface area contributed by atoms with Crippen LogP contribution >= 0.6 is 0 Å². The van der Waals surface area contributed by atoms with E-state index in [1.807, 2.05) is 23.8 Å². The third-order valence-electron chi connectivity index (χ3n) is 12.7. The highest BCUT2D eigenvalue weighted by atomic mass is 32.2. The van der Waals surface area contributed by atoms with Crippen LogP contribution < -0.4 is 24.8 Å². The van der Waals surface area contributed by atoms with Crippen LogP contribution in [-0.4, -0.2) is 101 Å². The Hall–Kier alpha value is -4.35. The van der Waals surface area contributed by atoms with E-state index in [2.05, 4.69) is 10.6 Å². The number of aryl methyl sites for hydroxylation is 1. The number of aromatic nitrogens is 2. The molecule has 3 saturated carbocycles. The van der Waals surface area contributed by atoms with Crippen LogP contribution in [0.25, 0.3) is 11.0 Å². The summed E-state index contributed by atoms with van der Waals surface area (Å²) in [5, 5.41) is 5.27. The molecule has 8 atom stereocenters. The van der Waals surface area contributed by atoms with Crippen LogP contribution in [0.2, 0.25) is 0 Å². The van der Waals surface area contributed by atoms with Crippen molar-refractivity contribution in [3.63, 3.8) is 0 Å². The minimum atomic E-state index is -4.24. The van der Waals surface area contributed by atoms with Gasteiger partial charge in [-0.2, -0.15) is 0 Å². The number of ether oxygens (including phenoxy) is 3. The summed E-state index contributed by atoms with van der Waals surface area (Å²) in [7, 11) is -4.24. The zero-order valence-electron chi connectivity index (χ0n) is 34.5. The summed E-state index contributed by atoms with van der Waals surface area (Å²) < 4.78 is 73.9. The van der Waals surface area contributed by atoms with Crippen LogP contribution in [0.3, 0.4) is 0 Å². The monoisotopic (exact) mass is 846 g/mol. The second-order valence-electron chi connectivity index (χ2n) is 18.2. The number of nitrogens with one attached hydrogen (secondary N) is 3. The number of sulfonamides is 1. The Balaban J connectivity index is 1.27. The molecule has 1 aromatic carbocycles. The molecule has 18 heteroatoms. The first-order chi connectivity index (χ1) is 27.8. The lowest BCUT2D eigenvalue weighted by atomic mass is 9.85. The van der Waals surface area contributed by atoms with Gasteiger partial charge in [-0.05, 0) is 88.7 Å². The van der Waals surface area contributed by atoms with Gasteiger partial charge < -0.3 is 29.7 Å². The summed E-state index contributed by atoms with van der Waals surface area (Å²) in [4.78, 5) is 67.7. The summed E-state index contributed by atoms with van der Waals surface area (Å²) in [5.41, 5.74) is -1.41. The number of halogens is 2. The van der Waals surface area contributed by atoms with E-state index in [1.165, 1.54) is 11.8 Å². The lowest BCUT2D eigenvalue weighted by Crippen LogP contribution is -2.61. The molecule has 0 unspecified atom stereocenters. The highest BCUT2D eigenvalue weighted by molar-refractivity contribution is 7.91. The van der Waals surface area contributed by atoms with Gasteiger partial charge in [0, 0.05) is 12.0 Å². The van der Waals surface area contributed by atoms with Crippen LogP contribution in [0.15, 0.2) is 18.2 Å². The molecule has 4 amide bonds. The zero-order valence-corrected chi connectivity index (χ0v) is 35.3. The number of rotatable bonds is 9. The standard InChI is InChI=1S/C41H56F2N6O9S/c1-7-24-30-21-49(31(24)34(50)47-41(20-25(41)33(42)43)37(52)48-59(54,55)40(6)16-17-40)36(51)32(39(3,4)5)46-38(53)58-29-18-22(29)12-10-9-11-13-27-35(57-30)45-28-19-23(56-8-2)14-15-26(28)44-27/h14-15,19,22,24-25,29-33H,7-13,16-18,20-21H2,1-6H3,(H,46,53)(H,47,50)(H,48,52)/t22-,24-,25+,29-,30+,31+,32-,41-/m1/s1. The normalized spacial score (nSPS) is 30.7. The molecular weight excluding hydrogens is 791 g/mol. The van der Waals surface area contributed by atoms with E-state index in [1.54, 1.807) is 33.8 Å². The first kappa shape index (κ1) is 42.8. The molecule has 0 spiro atoms. The molecular formula is C41H56F2N6O9S. The van der Waals surface area contributed by atoms with Gasteiger partial charge in [-0.15, -0.1) is 0 Å². The molecule has 5 aliphatic rings. The number of hydrogen-bond acceptors (Lipinski definition) is 11. The van der Waals surface area contributed by atoms with Gasteiger partial charge in [0.15, 0.2) is 0 Å². The number of alkyl halides is 2. The van der Waals surface area contributed by atoms with Gasteiger partial charge in [-0.1, -0.05) is 40.5 Å². The topological polar surface area (TPSA) is 195 Å². The van der Waals surface area contributed by atoms with Gasteiger partial charge in [0.1, 0.15) is 41.3 Å². The molecule has 2 bridgehead atoms. The van der Waals surface area contributed by atoms with Gasteiger partial charge >= 0.3 is 6.09 Å². The molecule has 15 nitrogen and oxygen atoms in total. The molecule has 1 saturated heterocycles. The van der Waals surface area contributed by atoms with Crippen LogP contribution in [0, 0.1) is 23.2 Å². The predicted molar refractivity (Wildman–Crippen MR) is 211 cm³/mol. The van der Waals surface area contributed by atoms with Crippen molar-refractivity contribution in [2.24, 2.45) is 23.2 Å². The minimum Gasteiger partial charge on any atom is -0.494 e. The fraction of sp³-hybridized carbons (Fsp3) is 0.707. The largest absolute Gasteiger partial charge is 0.494 e.